The summed E-state index contributed by atoms with van der Waals surface area (Å²) in [6, 6.07) is 21.3. The molecule has 5 nitrogen and oxygen atoms in total. The molecule has 3 amide bonds. The number of halogens is 2. The number of anilines is 2. The number of imide groups is 1. The third-order valence-corrected chi connectivity index (χ3v) is 7.61. The van der Waals surface area contributed by atoms with Crippen molar-refractivity contribution in [3.05, 3.63) is 106 Å². The van der Waals surface area contributed by atoms with Gasteiger partial charge in [0.1, 0.15) is 10.7 Å². The Hall–Kier alpha value is -4.07. The average molecular weight is 501 g/mol. The standard InChI is InChI=1S/C27H14ClFN2O3S/c28-23-18-12-7-15(29)13-21(18)35-24(23)25(32)30-16-8-10-17(11-9-16)31-26(33)19-5-1-3-14-4-2-6-20(22(14)19)27(31)34/h1-13H,(H,30,32). The van der Waals surface area contributed by atoms with E-state index in [-0.39, 0.29) is 9.90 Å². The van der Waals surface area contributed by atoms with Crippen molar-refractivity contribution in [3.63, 3.8) is 0 Å². The Morgan fingerprint density at radius 2 is 1.54 bits per heavy atom. The molecule has 1 aromatic heterocycles. The largest absolute Gasteiger partial charge is 0.321 e. The highest BCUT2D eigenvalue weighted by Crippen LogP contribution is 2.37. The van der Waals surface area contributed by atoms with E-state index in [1.165, 1.54) is 12.1 Å². The zero-order valence-corrected chi connectivity index (χ0v) is 19.4. The summed E-state index contributed by atoms with van der Waals surface area (Å²) in [6.07, 6.45) is 0. The normalized spacial score (nSPS) is 13.0. The van der Waals surface area contributed by atoms with Crippen LogP contribution in [0.4, 0.5) is 15.8 Å². The number of nitrogens with zero attached hydrogens (tertiary/aromatic N) is 1. The molecule has 0 fully saturated rings. The highest BCUT2D eigenvalue weighted by molar-refractivity contribution is 7.21. The monoisotopic (exact) mass is 500 g/mol. The van der Waals surface area contributed by atoms with Gasteiger partial charge < -0.3 is 5.32 Å². The van der Waals surface area contributed by atoms with Crippen molar-refractivity contribution in [2.75, 3.05) is 10.2 Å². The number of rotatable bonds is 3. The minimum atomic E-state index is -0.435. The summed E-state index contributed by atoms with van der Waals surface area (Å²) in [5.41, 5.74) is 1.77. The van der Waals surface area contributed by atoms with Crippen LogP contribution in [-0.2, 0) is 0 Å². The van der Waals surface area contributed by atoms with E-state index in [0.717, 1.165) is 21.6 Å². The zero-order valence-electron chi connectivity index (χ0n) is 17.8. The third-order valence-electron chi connectivity index (χ3n) is 5.95. The van der Waals surface area contributed by atoms with E-state index in [4.69, 9.17) is 11.6 Å². The van der Waals surface area contributed by atoms with Gasteiger partial charge in [0.25, 0.3) is 17.7 Å². The molecule has 5 aromatic rings. The van der Waals surface area contributed by atoms with Gasteiger partial charge in [-0.2, -0.15) is 0 Å². The average Bonchev–Trinajstić information content (AvgIpc) is 3.19. The number of carbonyl (C=O) groups is 3. The van der Waals surface area contributed by atoms with Crippen LogP contribution in [-0.4, -0.2) is 17.7 Å². The summed E-state index contributed by atoms with van der Waals surface area (Å²) in [5, 5.41) is 5.12. The second-order valence-corrected chi connectivity index (χ2v) is 9.47. The van der Waals surface area contributed by atoms with Gasteiger partial charge in [-0.15, -0.1) is 11.3 Å². The van der Waals surface area contributed by atoms with Gasteiger partial charge in [-0.3, -0.25) is 14.4 Å². The Morgan fingerprint density at radius 3 is 2.20 bits per heavy atom. The van der Waals surface area contributed by atoms with Crippen LogP contribution in [0.25, 0.3) is 20.9 Å². The first-order valence-corrected chi connectivity index (χ1v) is 11.8. The van der Waals surface area contributed by atoms with Crippen molar-refractivity contribution in [1.29, 1.82) is 0 Å². The number of benzene rings is 4. The van der Waals surface area contributed by atoms with E-state index in [2.05, 4.69) is 5.32 Å². The topological polar surface area (TPSA) is 66.5 Å². The van der Waals surface area contributed by atoms with Gasteiger partial charge in [0.05, 0.1) is 10.7 Å². The molecule has 1 N–H and O–H groups in total. The van der Waals surface area contributed by atoms with E-state index in [9.17, 15) is 18.8 Å². The Bertz CT molecular complexity index is 1660. The predicted octanol–water partition coefficient (Wildman–Crippen LogP) is 6.90. The van der Waals surface area contributed by atoms with E-state index in [0.29, 0.717) is 38.0 Å². The molecule has 170 valence electrons. The van der Waals surface area contributed by atoms with E-state index in [1.54, 1.807) is 54.6 Å². The highest BCUT2D eigenvalue weighted by atomic mass is 35.5. The van der Waals surface area contributed by atoms with Crippen molar-refractivity contribution in [2.45, 2.75) is 0 Å². The lowest BCUT2D eigenvalue weighted by Crippen LogP contribution is -2.40. The second-order valence-electron chi connectivity index (χ2n) is 8.04. The first kappa shape index (κ1) is 21.5. The maximum absolute atomic E-state index is 13.5. The van der Waals surface area contributed by atoms with E-state index < -0.39 is 23.5 Å². The van der Waals surface area contributed by atoms with Crippen LogP contribution in [0, 0.1) is 5.82 Å². The second kappa shape index (κ2) is 8.01. The Labute approximate surface area is 207 Å². The molecule has 0 saturated carbocycles. The highest BCUT2D eigenvalue weighted by Gasteiger charge is 2.33. The smallest absolute Gasteiger partial charge is 0.267 e. The summed E-state index contributed by atoms with van der Waals surface area (Å²) in [4.78, 5) is 40.6. The fourth-order valence-electron chi connectivity index (χ4n) is 4.33. The molecule has 0 saturated heterocycles. The lowest BCUT2D eigenvalue weighted by molar-refractivity contribution is 0.0892. The fourth-order valence-corrected chi connectivity index (χ4v) is 5.77. The number of thiophene rings is 1. The predicted molar refractivity (Wildman–Crippen MR) is 136 cm³/mol. The first-order valence-electron chi connectivity index (χ1n) is 10.6. The molecule has 0 unspecified atom stereocenters. The van der Waals surface area contributed by atoms with Gasteiger partial charge in [-0.1, -0.05) is 35.9 Å². The lowest BCUT2D eigenvalue weighted by Gasteiger charge is -2.27. The van der Waals surface area contributed by atoms with Gasteiger partial charge >= 0.3 is 0 Å². The van der Waals surface area contributed by atoms with Gasteiger partial charge in [0, 0.05) is 32.3 Å². The number of amides is 3. The fraction of sp³-hybridized carbons (Fsp3) is 0. The van der Waals surface area contributed by atoms with Crippen LogP contribution < -0.4 is 10.2 Å². The van der Waals surface area contributed by atoms with Crippen molar-refractivity contribution in [2.24, 2.45) is 0 Å². The van der Waals surface area contributed by atoms with Crippen LogP contribution in [0.5, 0.6) is 0 Å². The summed E-state index contributed by atoms with van der Waals surface area (Å²) >= 11 is 7.45. The maximum Gasteiger partial charge on any atom is 0.267 e. The molecule has 0 spiro atoms. The molecule has 0 bridgehead atoms. The molecule has 1 aliphatic rings. The van der Waals surface area contributed by atoms with E-state index in [1.807, 2.05) is 12.1 Å². The molecule has 1 aliphatic heterocycles. The number of nitrogens with one attached hydrogen (secondary N) is 1. The summed E-state index contributed by atoms with van der Waals surface area (Å²) in [7, 11) is 0. The Balaban J connectivity index is 1.29. The van der Waals surface area contributed by atoms with Crippen LogP contribution in [0.1, 0.15) is 30.4 Å². The Kier molecular flexibility index (Phi) is 4.91. The molecule has 0 atom stereocenters. The van der Waals surface area contributed by atoms with Crippen molar-refractivity contribution in [1.82, 2.24) is 0 Å². The Morgan fingerprint density at radius 1 is 0.886 bits per heavy atom. The van der Waals surface area contributed by atoms with Gasteiger partial charge in [0.15, 0.2) is 0 Å². The van der Waals surface area contributed by atoms with Gasteiger partial charge in [0.2, 0.25) is 0 Å². The minimum Gasteiger partial charge on any atom is -0.321 e. The molecular formula is C27H14ClFN2O3S. The van der Waals surface area contributed by atoms with Crippen molar-refractivity contribution >= 4 is 72.9 Å². The SMILES string of the molecule is O=C(Nc1ccc(N2C(=O)c3cccc4cccc(c34)C2=O)cc1)c1sc2cc(F)ccc2c1Cl. The van der Waals surface area contributed by atoms with Crippen molar-refractivity contribution in [3.8, 4) is 0 Å². The lowest BCUT2D eigenvalue weighted by atomic mass is 9.94. The molecule has 35 heavy (non-hydrogen) atoms. The molecule has 8 heteroatoms. The number of hydrogen-bond acceptors (Lipinski definition) is 4. The maximum atomic E-state index is 13.5. The summed E-state index contributed by atoms with van der Waals surface area (Å²) in [6.45, 7) is 0. The van der Waals surface area contributed by atoms with Crippen LogP contribution in [0.3, 0.4) is 0 Å². The summed E-state index contributed by atoms with van der Waals surface area (Å²) in [5.74, 6) is -1.64. The zero-order chi connectivity index (χ0) is 24.3. The molecule has 2 heterocycles. The number of hydrogen-bond donors (Lipinski definition) is 1. The molecule has 4 aromatic carbocycles. The van der Waals surface area contributed by atoms with Crippen LogP contribution >= 0.6 is 22.9 Å². The van der Waals surface area contributed by atoms with E-state index >= 15 is 0 Å². The van der Waals surface area contributed by atoms with Crippen LogP contribution in [0.15, 0.2) is 78.9 Å². The van der Waals surface area contributed by atoms with Gasteiger partial charge in [-0.05, 0) is 60.0 Å². The van der Waals surface area contributed by atoms with Gasteiger partial charge in [-0.25, -0.2) is 9.29 Å². The molecule has 0 radical (unpaired) electrons. The summed E-state index contributed by atoms with van der Waals surface area (Å²) < 4.78 is 14.1. The van der Waals surface area contributed by atoms with Crippen LogP contribution in [0.2, 0.25) is 5.02 Å². The molecule has 6 rings (SSSR count). The van der Waals surface area contributed by atoms with Crippen molar-refractivity contribution < 1.29 is 18.8 Å². The quantitative estimate of drug-likeness (QED) is 0.274. The molecule has 0 aliphatic carbocycles. The first-order chi connectivity index (χ1) is 16.9. The molecular weight excluding hydrogens is 487 g/mol. The number of fused-ring (bicyclic) bond motifs is 1. The third kappa shape index (κ3) is 3.39. The number of carbonyl (C=O) groups excluding carboxylic acids is 3. The minimum absolute atomic E-state index is 0.261.